The van der Waals surface area contributed by atoms with Gasteiger partial charge in [-0.15, -0.1) is 24.0 Å². The van der Waals surface area contributed by atoms with E-state index in [-0.39, 0.29) is 24.0 Å². The largest absolute Gasteiger partial charge is 0.353 e. The first-order valence-electron chi connectivity index (χ1n) is 6.50. The molecular weight excluding hydrogens is 373 g/mol. The second-order valence-electron chi connectivity index (χ2n) is 5.19. The van der Waals surface area contributed by atoms with Crippen molar-refractivity contribution in [2.24, 2.45) is 4.99 Å². The molecule has 0 radical (unpaired) electrons. The number of guanidine groups is 1. The Hall–Kier alpha value is -0.490. The molecule has 1 N–H and O–H groups in total. The third-order valence-electron chi connectivity index (χ3n) is 3.87. The average molecular weight is 392 g/mol. The molecule has 2 aliphatic rings. The maximum atomic E-state index is 5.90. The number of halogens is 2. The van der Waals surface area contributed by atoms with Gasteiger partial charge < -0.3 is 10.2 Å². The molecule has 0 unspecified atom stereocenters. The Morgan fingerprint density at radius 2 is 1.95 bits per heavy atom. The Bertz CT molecular complexity index is 454. The maximum absolute atomic E-state index is 5.90. The normalized spacial score (nSPS) is 25.4. The standard InChI is InChI=1S/C14H18ClN3.HI/c1-18-7-6-16-14(18)17-13-8-11(9-13)10-2-4-12(15)5-3-10;/h2-5,11,13H,6-9H2,1H3,(H,16,17);1H. The second kappa shape index (κ2) is 6.31. The molecule has 0 bridgehead atoms. The third kappa shape index (κ3) is 3.34. The predicted octanol–water partition coefficient (Wildman–Crippen LogP) is 3.10. The van der Waals surface area contributed by atoms with Crippen molar-refractivity contribution in [3.8, 4) is 0 Å². The molecule has 1 fully saturated rings. The van der Waals surface area contributed by atoms with Gasteiger partial charge in [0.1, 0.15) is 0 Å². The Balaban J connectivity index is 0.00000133. The molecule has 1 saturated carbocycles. The molecule has 1 aliphatic heterocycles. The quantitative estimate of drug-likeness (QED) is 0.785. The molecule has 3 rings (SSSR count). The van der Waals surface area contributed by atoms with Gasteiger partial charge in [0.15, 0.2) is 5.96 Å². The van der Waals surface area contributed by atoms with Crippen LogP contribution in [0.1, 0.15) is 24.3 Å². The van der Waals surface area contributed by atoms with Crippen LogP contribution >= 0.6 is 35.6 Å². The smallest absolute Gasteiger partial charge is 0.194 e. The monoisotopic (exact) mass is 391 g/mol. The number of nitrogens with one attached hydrogen (secondary N) is 1. The Labute approximate surface area is 136 Å². The van der Waals surface area contributed by atoms with Gasteiger partial charge in [-0.25, -0.2) is 0 Å². The molecule has 1 heterocycles. The molecule has 0 aromatic heterocycles. The third-order valence-corrected chi connectivity index (χ3v) is 4.12. The molecule has 0 spiro atoms. The fourth-order valence-electron chi connectivity index (χ4n) is 2.61. The lowest BCUT2D eigenvalue weighted by Gasteiger charge is -2.37. The minimum absolute atomic E-state index is 0. The van der Waals surface area contributed by atoms with E-state index in [1.165, 1.54) is 18.4 Å². The van der Waals surface area contributed by atoms with Crippen molar-refractivity contribution in [3.05, 3.63) is 34.9 Å². The number of aliphatic imine (C=N–C) groups is 1. The number of hydrogen-bond donors (Lipinski definition) is 1. The van der Waals surface area contributed by atoms with Crippen molar-refractivity contribution in [1.82, 2.24) is 10.2 Å². The van der Waals surface area contributed by atoms with E-state index in [4.69, 9.17) is 11.6 Å². The summed E-state index contributed by atoms with van der Waals surface area (Å²) in [5.74, 6) is 1.74. The van der Waals surface area contributed by atoms with Crippen LogP contribution in [0.25, 0.3) is 0 Å². The highest BCUT2D eigenvalue weighted by molar-refractivity contribution is 14.0. The summed E-state index contributed by atoms with van der Waals surface area (Å²) in [5, 5.41) is 4.34. The Morgan fingerprint density at radius 3 is 2.53 bits per heavy atom. The summed E-state index contributed by atoms with van der Waals surface area (Å²) < 4.78 is 0. The zero-order valence-corrected chi connectivity index (χ0v) is 14.1. The summed E-state index contributed by atoms with van der Waals surface area (Å²) >= 11 is 5.90. The van der Waals surface area contributed by atoms with Gasteiger partial charge in [0.05, 0.1) is 6.54 Å². The summed E-state index contributed by atoms with van der Waals surface area (Å²) in [6.45, 7) is 1.96. The first kappa shape index (κ1) is 14.9. The summed E-state index contributed by atoms with van der Waals surface area (Å²) in [7, 11) is 2.09. The molecular formula is C14H19ClIN3. The first-order chi connectivity index (χ1) is 8.72. The van der Waals surface area contributed by atoms with E-state index in [0.29, 0.717) is 12.0 Å². The van der Waals surface area contributed by atoms with Crippen molar-refractivity contribution in [2.75, 3.05) is 20.1 Å². The van der Waals surface area contributed by atoms with Crippen LogP contribution in [0, 0.1) is 0 Å². The molecule has 19 heavy (non-hydrogen) atoms. The van der Waals surface area contributed by atoms with Gasteiger partial charge in [-0.1, -0.05) is 23.7 Å². The lowest BCUT2D eigenvalue weighted by molar-refractivity contribution is 0.316. The zero-order chi connectivity index (χ0) is 12.5. The fourth-order valence-corrected chi connectivity index (χ4v) is 2.74. The van der Waals surface area contributed by atoms with Crippen molar-refractivity contribution in [1.29, 1.82) is 0 Å². The van der Waals surface area contributed by atoms with Crippen molar-refractivity contribution >= 4 is 41.5 Å². The summed E-state index contributed by atoms with van der Waals surface area (Å²) in [6, 6.07) is 8.81. The Morgan fingerprint density at radius 1 is 1.26 bits per heavy atom. The molecule has 0 saturated heterocycles. The van der Waals surface area contributed by atoms with Crippen LogP contribution in [0.15, 0.2) is 29.3 Å². The van der Waals surface area contributed by atoms with E-state index < -0.39 is 0 Å². The van der Waals surface area contributed by atoms with Gasteiger partial charge in [0.2, 0.25) is 0 Å². The fraction of sp³-hybridized carbons (Fsp3) is 0.500. The van der Waals surface area contributed by atoms with Crippen molar-refractivity contribution in [3.63, 3.8) is 0 Å². The molecule has 104 valence electrons. The van der Waals surface area contributed by atoms with E-state index in [2.05, 4.69) is 34.4 Å². The zero-order valence-electron chi connectivity index (χ0n) is 11.0. The second-order valence-corrected chi connectivity index (χ2v) is 5.62. The van der Waals surface area contributed by atoms with Crippen molar-refractivity contribution in [2.45, 2.75) is 24.8 Å². The topological polar surface area (TPSA) is 27.6 Å². The number of rotatable bonds is 2. The van der Waals surface area contributed by atoms with E-state index in [9.17, 15) is 0 Å². The molecule has 1 aromatic carbocycles. The molecule has 1 aromatic rings. The van der Waals surface area contributed by atoms with E-state index in [1.807, 2.05) is 12.1 Å². The highest BCUT2D eigenvalue weighted by atomic mass is 127. The van der Waals surface area contributed by atoms with Crippen LogP contribution in [-0.2, 0) is 0 Å². The lowest BCUT2D eigenvalue weighted by Crippen LogP contribution is -2.47. The summed E-state index contributed by atoms with van der Waals surface area (Å²) in [5.41, 5.74) is 1.40. The molecule has 3 nitrogen and oxygen atoms in total. The van der Waals surface area contributed by atoms with Gasteiger partial charge in [-0.3, -0.25) is 4.99 Å². The van der Waals surface area contributed by atoms with E-state index in [0.717, 1.165) is 24.1 Å². The minimum atomic E-state index is 0. The number of benzene rings is 1. The van der Waals surface area contributed by atoms with E-state index >= 15 is 0 Å². The molecule has 0 atom stereocenters. The van der Waals surface area contributed by atoms with E-state index in [1.54, 1.807) is 0 Å². The van der Waals surface area contributed by atoms with Crippen molar-refractivity contribution < 1.29 is 0 Å². The SMILES string of the molecule is CN1CCN=C1NC1CC(c2ccc(Cl)cc2)C1.I. The van der Waals surface area contributed by atoms with Crippen LogP contribution in [0.5, 0.6) is 0 Å². The summed E-state index contributed by atoms with van der Waals surface area (Å²) in [6.07, 6.45) is 2.38. The highest BCUT2D eigenvalue weighted by Crippen LogP contribution is 2.37. The lowest BCUT2D eigenvalue weighted by atomic mass is 9.76. The Kier molecular flexibility index (Phi) is 4.95. The van der Waals surface area contributed by atoms with Gasteiger partial charge in [0.25, 0.3) is 0 Å². The number of nitrogens with zero attached hydrogens (tertiary/aromatic N) is 2. The number of likely N-dealkylation sites (N-methyl/N-ethyl adjacent to an activating group) is 1. The molecule has 5 heteroatoms. The minimum Gasteiger partial charge on any atom is -0.353 e. The van der Waals surface area contributed by atoms with Gasteiger partial charge in [-0.2, -0.15) is 0 Å². The van der Waals surface area contributed by atoms with Gasteiger partial charge in [-0.05, 0) is 36.5 Å². The van der Waals surface area contributed by atoms with Crippen LogP contribution in [0.3, 0.4) is 0 Å². The highest BCUT2D eigenvalue weighted by Gasteiger charge is 2.31. The predicted molar refractivity (Wildman–Crippen MR) is 90.7 cm³/mol. The molecule has 1 aliphatic carbocycles. The van der Waals surface area contributed by atoms with Gasteiger partial charge in [0, 0.05) is 24.7 Å². The first-order valence-corrected chi connectivity index (χ1v) is 6.88. The number of hydrogen-bond acceptors (Lipinski definition) is 3. The van der Waals surface area contributed by atoms with Crippen LogP contribution < -0.4 is 5.32 Å². The molecule has 0 amide bonds. The van der Waals surface area contributed by atoms with Crippen LogP contribution in [0.2, 0.25) is 5.02 Å². The van der Waals surface area contributed by atoms with Crippen LogP contribution in [-0.4, -0.2) is 37.0 Å². The average Bonchev–Trinajstić information content (AvgIpc) is 2.71. The summed E-state index contributed by atoms with van der Waals surface area (Å²) in [4.78, 5) is 6.65. The van der Waals surface area contributed by atoms with Crippen LogP contribution in [0.4, 0.5) is 0 Å². The maximum Gasteiger partial charge on any atom is 0.194 e. The van der Waals surface area contributed by atoms with Gasteiger partial charge >= 0.3 is 0 Å².